The SMILES string of the molecule is CCOC(=O)CCN(Cc1cccnc1)C(=O)c1cnc(-c2ccccc2Cl)s1. The fourth-order valence-electron chi connectivity index (χ4n) is 2.71. The molecule has 1 amide bonds. The van der Waals surface area contributed by atoms with Gasteiger partial charge < -0.3 is 9.64 Å². The van der Waals surface area contributed by atoms with Gasteiger partial charge in [-0.15, -0.1) is 11.3 Å². The molecule has 0 N–H and O–H groups in total. The molecule has 0 saturated carbocycles. The fraction of sp³-hybridized carbons (Fsp3) is 0.238. The van der Waals surface area contributed by atoms with Gasteiger partial charge in [0, 0.05) is 31.0 Å². The summed E-state index contributed by atoms with van der Waals surface area (Å²) in [7, 11) is 0. The average Bonchev–Trinajstić information content (AvgIpc) is 3.22. The Labute approximate surface area is 178 Å². The molecule has 0 radical (unpaired) electrons. The van der Waals surface area contributed by atoms with Crippen molar-refractivity contribution in [2.24, 2.45) is 0 Å². The number of hydrogen-bond acceptors (Lipinski definition) is 6. The zero-order valence-corrected chi connectivity index (χ0v) is 17.4. The first-order valence-corrected chi connectivity index (χ1v) is 10.3. The molecule has 29 heavy (non-hydrogen) atoms. The Morgan fingerprint density at radius 2 is 2.00 bits per heavy atom. The second kappa shape index (κ2) is 10.1. The van der Waals surface area contributed by atoms with Crippen LogP contribution in [0.4, 0.5) is 0 Å². The lowest BCUT2D eigenvalue weighted by atomic mass is 10.2. The van der Waals surface area contributed by atoms with Gasteiger partial charge in [0.15, 0.2) is 0 Å². The molecule has 2 aromatic heterocycles. The summed E-state index contributed by atoms with van der Waals surface area (Å²) in [5, 5.41) is 1.25. The molecule has 0 aliphatic heterocycles. The van der Waals surface area contributed by atoms with Gasteiger partial charge in [0.1, 0.15) is 9.88 Å². The molecule has 3 aromatic rings. The molecule has 8 heteroatoms. The van der Waals surface area contributed by atoms with E-state index in [-0.39, 0.29) is 24.8 Å². The highest BCUT2D eigenvalue weighted by molar-refractivity contribution is 7.17. The van der Waals surface area contributed by atoms with Crippen LogP contribution < -0.4 is 0 Å². The lowest BCUT2D eigenvalue weighted by Crippen LogP contribution is -2.32. The molecule has 150 valence electrons. The summed E-state index contributed by atoms with van der Waals surface area (Å²) in [6.45, 7) is 2.65. The maximum atomic E-state index is 13.1. The molecule has 0 bridgehead atoms. The van der Waals surface area contributed by atoms with Crippen LogP contribution in [-0.4, -0.2) is 39.9 Å². The van der Waals surface area contributed by atoms with Gasteiger partial charge in [-0.05, 0) is 24.6 Å². The number of benzene rings is 1. The van der Waals surface area contributed by atoms with Gasteiger partial charge in [0.2, 0.25) is 0 Å². The number of hydrogen-bond donors (Lipinski definition) is 0. The van der Waals surface area contributed by atoms with E-state index in [0.29, 0.717) is 28.1 Å². The summed E-state index contributed by atoms with van der Waals surface area (Å²) >= 11 is 7.52. The highest BCUT2D eigenvalue weighted by atomic mass is 35.5. The first kappa shape index (κ1) is 21.0. The number of rotatable bonds is 8. The van der Waals surface area contributed by atoms with Crippen molar-refractivity contribution >= 4 is 34.8 Å². The number of halogens is 1. The smallest absolute Gasteiger partial charge is 0.307 e. The lowest BCUT2D eigenvalue weighted by molar-refractivity contribution is -0.143. The molecule has 0 unspecified atom stereocenters. The molecular weight excluding hydrogens is 410 g/mol. The zero-order valence-electron chi connectivity index (χ0n) is 15.9. The Hall–Kier alpha value is -2.77. The molecule has 3 rings (SSSR count). The monoisotopic (exact) mass is 429 g/mol. The number of pyridine rings is 1. The van der Waals surface area contributed by atoms with Gasteiger partial charge in [0.05, 0.1) is 24.2 Å². The van der Waals surface area contributed by atoms with Crippen molar-refractivity contribution in [1.82, 2.24) is 14.9 Å². The van der Waals surface area contributed by atoms with Gasteiger partial charge in [-0.2, -0.15) is 0 Å². The van der Waals surface area contributed by atoms with E-state index in [1.807, 2.05) is 30.3 Å². The third-order valence-electron chi connectivity index (χ3n) is 4.10. The van der Waals surface area contributed by atoms with E-state index >= 15 is 0 Å². The molecule has 0 fully saturated rings. The predicted octanol–water partition coefficient (Wildman–Crippen LogP) is 4.45. The number of aromatic nitrogens is 2. The minimum absolute atomic E-state index is 0.121. The van der Waals surface area contributed by atoms with Gasteiger partial charge >= 0.3 is 5.97 Å². The number of amides is 1. The van der Waals surface area contributed by atoms with Crippen LogP contribution in [-0.2, 0) is 16.1 Å². The molecular formula is C21H20ClN3O3S. The molecule has 0 atom stereocenters. The first-order chi connectivity index (χ1) is 14.1. The van der Waals surface area contributed by atoms with Crippen molar-refractivity contribution in [3.05, 3.63) is 70.5 Å². The van der Waals surface area contributed by atoms with Crippen molar-refractivity contribution in [2.75, 3.05) is 13.2 Å². The second-order valence-electron chi connectivity index (χ2n) is 6.15. The van der Waals surface area contributed by atoms with Gasteiger partial charge in [0.25, 0.3) is 5.91 Å². The first-order valence-electron chi connectivity index (χ1n) is 9.13. The van der Waals surface area contributed by atoms with Crippen LogP contribution in [0.25, 0.3) is 10.6 Å². The highest BCUT2D eigenvalue weighted by Gasteiger charge is 2.21. The topological polar surface area (TPSA) is 72.4 Å². The number of nitrogens with zero attached hydrogens (tertiary/aromatic N) is 3. The number of esters is 1. The standard InChI is InChI=1S/C21H20ClN3O3S/c1-2-28-19(26)9-11-25(14-15-6-5-10-23-12-15)21(27)18-13-24-20(29-18)16-7-3-4-8-17(16)22/h3-8,10,12-13H,2,9,11,14H2,1H3. The van der Waals surface area contributed by atoms with Crippen molar-refractivity contribution < 1.29 is 14.3 Å². The van der Waals surface area contributed by atoms with E-state index in [9.17, 15) is 9.59 Å². The molecule has 0 aliphatic rings. The Bertz CT molecular complexity index is 978. The van der Waals surface area contributed by atoms with Gasteiger partial charge in [-0.1, -0.05) is 35.9 Å². The van der Waals surface area contributed by atoms with E-state index in [0.717, 1.165) is 11.1 Å². The molecule has 2 heterocycles. The maximum Gasteiger partial charge on any atom is 0.307 e. The van der Waals surface area contributed by atoms with E-state index < -0.39 is 0 Å². The minimum Gasteiger partial charge on any atom is -0.466 e. The Morgan fingerprint density at radius 3 is 2.72 bits per heavy atom. The highest BCUT2D eigenvalue weighted by Crippen LogP contribution is 2.31. The van der Waals surface area contributed by atoms with Crippen LogP contribution >= 0.6 is 22.9 Å². The van der Waals surface area contributed by atoms with E-state index in [4.69, 9.17) is 16.3 Å². The molecule has 0 spiro atoms. The summed E-state index contributed by atoms with van der Waals surface area (Å²) in [6, 6.07) is 11.1. The predicted molar refractivity (Wildman–Crippen MR) is 113 cm³/mol. The molecule has 0 aliphatic carbocycles. The molecule has 1 aromatic carbocycles. The zero-order chi connectivity index (χ0) is 20.6. The fourth-order valence-corrected chi connectivity index (χ4v) is 3.92. The van der Waals surface area contributed by atoms with Crippen molar-refractivity contribution in [3.8, 4) is 10.6 Å². The summed E-state index contributed by atoms with van der Waals surface area (Å²) < 4.78 is 4.99. The number of carbonyl (C=O) groups excluding carboxylic acids is 2. The number of carbonyl (C=O) groups is 2. The van der Waals surface area contributed by atoms with Crippen LogP contribution in [0.3, 0.4) is 0 Å². The Balaban J connectivity index is 1.80. The van der Waals surface area contributed by atoms with Crippen LogP contribution in [0.1, 0.15) is 28.6 Å². The molecule has 6 nitrogen and oxygen atoms in total. The van der Waals surface area contributed by atoms with Crippen LogP contribution in [0.15, 0.2) is 55.0 Å². The quantitative estimate of drug-likeness (QED) is 0.494. The number of thiazole rings is 1. The normalized spacial score (nSPS) is 10.6. The van der Waals surface area contributed by atoms with E-state index in [1.54, 1.807) is 36.5 Å². The maximum absolute atomic E-state index is 13.1. The van der Waals surface area contributed by atoms with E-state index in [2.05, 4.69) is 9.97 Å². The summed E-state index contributed by atoms with van der Waals surface area (Å²) in [6.07, 6.45) is 5.04. The van der Waals surface area contributed by atoms with Crippen molar-refractivity contribution in [3.63, 3.8) is 0 Å². The van der Waals surface area contributed by atoms with Crippen molar-refractivity contribution in [2.45, 2.75) is 19.9 Å². The average molecular weight is 430 g/mol. The van der Waals surface area contributed by atoms with E-state index in [1.165, 1.54) is 11.3 Å². The summed E-state index contributed by atoms with van der Waals surface area (Å²) in [5.41, 5.74) is 1.66. The van der Waals surface area contributed by atoms with Gasteiger partial charge in [-0.3, -0.25) is 14.6 Å². The minimum atomic E-state index is -0.336. The second-order valence-corrected chi connectivity index (χ2v) is 7.59. The van der Waals surface area contributed by atoms with Crippen LogP contribution in [0.5, 0.6) is 0 Å². The third-order valence-corrected chi connectivity index (χ3v) is 5.44. The number of ether oxygens (including phenoxy) is 1. The van der Waals surface area contributed by atoms with Gasteiger partial charge in [-0.25, -0.2) is 4.98 Å². The Morgan fingerprint density at radius 1 is 1.17 bits per heavy atom. The Kier molecular flexibility index (Phi) is 7.32. The van der Waals surface area contributed by atoms with Crippen LogP contribution in [0.2, 0.25) is 5.02 Å². The van der Waals surface area contributed by atoms with Crippen LogP contribution in [0, 0.1) is 0 Å². The molecule has 0 saturated heterocycles. The third kappa shape index (κ3) is 5.62. The summed E-state index contributed by atoms with van der Waals surface area (Å²) in [4.78, 5) is 35.5. The van der Waals surface area contributed by atoms with Crippen molar-refractivity contribution in [1.29, 1.82) is 0 Å². The largest absolute Gasteiger partial charge is 0.466 e. The summed E-state index contributed by atoms with van der Waals surface area (Å²) in [5.74, 6) is -0.536. The lowest BCUT2D eigenvalue weighted by Gasteiger charge is -2.21.